The highest BCUT2D eigenvalue weighted by atomic mass is 79.9. The monoisotopic (exact) mass is 387 g/mol. The first-order valence-electron chi connectivity index (χ1n) is 6.22. The third-order valence-corrected chi connectivity index (χ3v) is 4.43. The minimum absolute atomic E-state index is 0.964. The summed E-state index contributed by atoms with van der Waals surface area (Å²) < 4.78 is 2.11. The van der Waals surface area contributed by atoms with Crippen LogP contribution in [0, 0.1) is 0 Å². The summed E-state index contributed by atoms with van der Waals surface area (Å²) in [6.07, 6.45) is 0. The van der Waals surface area contributed by atoms with Crippen LogP contribution in [-0.2, 0) is 0 Å². The SMILES string of the molecule is Brc1ccccc1-c1cccc(-c2ccccc2Br)n1. The van der Waals surface area contributed by atoms with Crippen LogP contribution in [0.25, 0.3) is 22.5 Å². The Morgan fingerprint density at radius 1 is 0.550 bits per heavy atom. The van der Waals surface area contributed by atoms with Gasteiger partial charge in [0.1, 0.15) is 0 Å². The molecule has 0 aliphatic carbocycles. The minimum atomic E-state index is 0.964. The van der Waals surface area contributed by atoms with E-state index in [2.05, 4.69) is 44.0 Å². The van der Waals surface area contributed by atoms with Crippen molar-refractivity contribution in [3.63, 3.8) is 0 Å². The molecule has 0 amide bonds. The van der Waals surface area contributed by atoms with Crippen LogP contribution in [0.3, 0.4) is 0 Å². The van der Waals surface area contributed by atoms with Gasteiger partial charge in [0.2, 0.25) is 0 Å². The molecule has 0 bridgehead atoms. The van der Waals surface area contributed by atoms with E-state index in [4.69, 9.17) is 4.98 Å². The Bertz CT molecular complexity index is 692. The van der Waals surface area contributed by atoms with E-state index in [0.717, 1.165) is 31.5 Å². The summed E-state index contributed by atoms with van der Waals surface area (Å²) in [5.74, 6) is 0. The van der Waals surface area contributed by atoms with Gasteiger partial charge in [-0.3, -0.25) is 0 Å². The maximum absolute atomic E-state index is 4.77. The molecule has 0 radical (unpaired) electrons. The average Bonchev–Trinajstić information content (AvgIpc) is 2.48. The molecule has 1 nitrogen and oxygen atoms in total. The van der Waals surface area contributed by atoms with Crippen LogP contribution in [0.1, 0.15) is 0 Å². The first-order valence-corrected chi connectivity index (χ1v) is 7.81. The third kappa shape index (κ3) is 2.69. The average molecular weight is 389 g/mol. The fraction of sp³-hybridized carbons (Fsp3) is 0. The number of benzene rings is 2. The van der Waals surface area contributed by atoms with Gasteiger partial charge in [-0.15, -0.1) is 0 Å². The van der Waals surface area contributed by atoms with E-state index in [1.807, 2.05) is 54.6 Å². The third-order valence-electron chi connectivity index (χ3n) is 3.05. The maximum Gasteiger partial charge on any atom is 0.0720 e. The molecule has 0 aliphatic heterocycles. The van der Waals surface area contributed by atoms with Crippen molar-refractivity contribution < 1.29 is 0 Å². The topological polar surface area (TPSA) is 12.9 Å². The van der Waals surface area contributed by atoms with Crippen LogP contribution in [0.2, 0.25) is 0 Å². The maximum atomic E-state index is 4.77. The van der Waals surface area contributed by atoms with Crippen molar-refractivity contribution in [3.05, 3.63) is 75.7 Å². The smallest absolute Gasteiger partial charge is 0.0720 e. The zero-order chi connectivity index (χ0) is 13.9. The number of rotatable bonds is 2. The lowest BCUT2D eigenvalue weighted by Crippen LogP contribution is -1.89. The van der Waals surface area contributed by atoms with E-state index in [0.29, 0.717) is 0 Å². The van der Waals surface area contributed by atoms with Gasteiger partial charge in [-0.25, -0.2) is 4.98 Å². The Hall–Kier alpha value is -1.45. The molecule has 0 fully saturated rings. The molecular weight excluding hydrogens is 378 g/mol. The molecule has 0 saturated carbocycles. The number of hydrogen-bond acceptors (Lipinski definition) is 1. The van der Waals surface area contributed by atoms with Crippen molar-refractivity contribution >= 4 is 31.9 Å². The standard InChI is InChI=1S/C17H11Br2N/c18-14-8-3-1-6-12(14)16-10-5-11-17(20-16)13-7-2-4-9-15(13)19/h1-11H. The van der Waals surface area contributed by atoms with Crippen molar-refractivity contribution in [1.29, 1.82) is 0 Å². The van der Waals surface area contributed by atoms with Gasteiger partial charge >= 0.3 is 0 Å². The molecule has 2 aromatic carbocycles. The second kappa shape index (κ2) is 5.90. The molecule has 3 heteroatoms. The molecule has 3 aromatic rings. The molecule has 1 aromatic heterocycles. The van der Waals surface area contributed by atoms with Gasteiger partial charge in [0.15, 0.2) is 0 Å². The molecule has 3 rings (SSSR count). The van der Waals surface area contributed by atoms with Gasteiger partial charge in [-0.2, -0.15) is 0 Å². The minimum Gasteiger partial charge on any atom is -0.248 e. The summed E-state index contributed by atoms with van der Waals surface area (Å²) in [4.78, 5) is 4.77. The van der Waals surface area contributed by atoms with Crippen LogP contribution in [-0.4, -0.2) is 4.98 Å². The second-order valence-electron chi connectivity index (χ2n) is 4.37. The molecule has 0 saturated heterocycles. The van der Waals surface area contributed by atoms with Crippen LogP contribution in [0.5, 0.6) is 0 Å². The van der Waals surface area contributed by atoms with Crippen LogP contribution in [0.4, 0.5) is 0 Å². The summed E-state index contributed by atoms with van der Waals surface area (Å²) in [6, 6.07) is 22.3. The molecule has 0 N–H and O–H groups in total. The molecule has 20 heavy (non-hydrogen) atoms. The van der Waals surface area contributed by atoms with E-state index in [-0.39, 0.29) is 0 Å². The van der Waals surface area contributed by atoms with Crippen molar-refractivity contribution in [2.24, 2.45) is 0 Å². The predicted octanol–water partition coefficient (Wildman–Crippen LogP) is 5.94. The van der Waals surface area contributed by atoms with E-state index >= 15 is 0 Å². The normalized spacial score (nSPS) is 10.5. The van der Waals surface area contributed by atoms with Crippen molar-refractivity contribution in [1.82, 2.24) is 4.98 Å². The van der Waals surface area contributed by atoms with Gasteiger partial charge in [-0.05, 0) is 24.3 Å². The van der Waals surface area contributed by atoms with E-state index < -0.39 is 0 Å². The quantitative estimate of drug-likeness (QED) is 0.529. The Kier molecular flexibility index (Phi) is 3.99. The van der Waals surface area contributed by atoms with Crippen molar-refractivity contribution in [2.75, 3.05) is 0 Å². The number of pyridine rings is 1. The predicted molar refractivity (Wildman–Crippen MR) is 90.5 cm³/mol. The largest absolute Gasteiger partial charge is 0.248 e. The highest BCUT2D eigenvalue weighted by Crippen LogP contribution is 2.30. The molecule has 0 spiro atoms. The summed E-state index contributed by atoms with van der Waals surface area (Å²) in [5, 5.41) is 0. The Balaban J connectivity index is 2.12. The lowest BCUT2D eigenvalue weighted by Gasteiger charge is -2.08. The summed E-state index contributed by atoms with van der Waals surface area (Å²) in [6.45, 7) is 0. The molecule has 1 heterocycles. The van der Waals surface area contributed by atoms with Gasteiger partial charge in [-0.1, -0.05) is 74.3 Å². The Morgan fingerprint density at radius 2 is 1.00 bits per heavy atom. The Morgan fingerprint density at radius 3 is 1.45 bits per heavy atom. The number of halogens is 2. The van der Waals surface area contributed by atoms with E-state index in [1.54, 1.807) is 0 Å². The summed E-state index contributed by atoms with van der Waals surface area (Å²) in [5.41, 5.74) is 4.12. The highest BCUT2D eigenvalue weighted by Gasteiger charge is 2.07. The lowest BCUT2D eigenvalue weighted by atomic mass is 10.1. The van der Waals surface area contributed by atoms with Gasteiger partial charge in [0.25, 0.3) is 0 Å². The zero-order valence-corrected chi connectivity index (χ0v) is 13.7. The van der Waals surface area contributed by atoms with Gasteiger partial charge < -0.3 is 0 Å². The van der Waals surface area contributed by atoms with Gasteiger partial charge in [0.05, 0.1) is 11.4 Å². The highest BCUT2D eigenvalue weighted by molar-refractivity contribution is 9.11. The Labute approximate surface area is 135 Å². The molecule has 98 valence electrons. The number of hydrogen-bond donors (Lipinski definition) is 0. The first kappa shape index (κ1) is 13.5. The van der Waals surface area contributed by atoms with Crippen molar-refractivity contribution in [3.8, 4) is 22.5 Å². The molecule has 0 atom stereocenters. The molecular formula is C17H11Br2N. The number of nitrogens with zero attached hydrogens (tertiary/aromatic N) is 1. The van der Waals surface area contributed by atoms with Crippen LogP contribution < -0.4 is 0 Å². The van der Waals surface area contributed by atoms with Crippen LogP contribution >= 0.6 is 31.9 Å². The van der Waals surface area contributed by atoms with Crippen molar-refractivity contribution in [2.45, 2.75) is 0 Å². The molecule has 0 aliphatic rings. The van der Waals surface area contributed by atoms with E-state index in [1.165, 1.54) is 0 Å². The second-order valence-corrected chi connectivity index (χ2v) is 6.08. The van der Waals surface area contributed by atoms with Crippen LogP contribution in [0.15, 0.2) is 75.7 Å². The summed E-state index contributed by atoms with van der Waals surface area (Å²) in [7, 11) is 0. The summed E-state index contributed by atoms with van der Waals surface area (Å²) >= 11 is 7.16. The fourth-order valence-corrected chi connectivity index (χ4v) is 3.05. The first-order chi connectivity index (χ1) is 9.75. The van der Waals surface area contributed by atoms with E-state index in [9.17, 15) is 0 Å². The zero-order valence-electron chi connectivity index (χ0n) is 10.6. The fourth-order valence-electron chi connectivity index (χ4n) is 2.07. The van der Waals surface area contributed by atoms with Gasteiger partial charge in [0, 0.05) is 20.1 Å². The number of aromatic nitrogens is 1. The lowest BCUT2D eigenvalue weighted by molar-refractivity contribution is 1.31. The molecule has 0 unspecified atom stereocenters.